The van der Waals surface area contributed by atoms with Crippen molar-refractivity contribution in [3.05, 3.63) is 20.8 Å². The topological polar surface area (TPSA) is 15.3 Å². The molecule has 0 amide bonds. The summed E-state index contributed by atoms with van der Waals surface area (Å²) in [4.78, 5) is 2.50. The van der Waals surface area contributed by atoms with Crippen molar-refractivity contribution in [2.24, 2.45) is 11.3 Å². The maximum Gasteiger partial charge on any atom is 0.0701 e. The standard InChI is InChI=1S/C16H27BrN2S/c1-13-4-6-16(7-5-13,11-18-2)12-19(3)9-14-8-15(17)20-10-14/h8,10,13,18H,4-7,9,11-12H2,1-3H3. The van der Waals surface area contributed by atoms with Crippen LogP contribution in [-0.2, 0) is 6.54 Å². The van der Waals surface area contributed by atoms with Crippen LogP contribution in [-0.4, -0.2) is 32.1 Å². The summed E-state index contributed by atoms with van der Waals surface area (Å²) < 4.78 is 1.23. The van der Waals surface area contributed by atoms with E-state index in [1.54, 1.807) is 11.3 Å². The van der Waals surface area contributed by atoms with Crippen LogP contribution in [0.1, 0.15) is 38.2 Å². The average Bonchev–Trinajstić information content (AvgIpc) is 2.79. The van der Waals surface area contributed by atoms with Gasteiger partial charge in [0.1, 0.15) is 0 Å². The second-order valence-corrected chi connectivity index (χ2v) is 8.93. The average molecular weight is 359 g/mol. The van der Waals surface area contributed by atoms with E-state index in [0.717, 1.165) is 19.0 Å². The predicted molar refractivity (Wildman–Crippen MR) is 92.3 cm³/mol. The fourth-order valence-corrected chi connectivity index (χ4v) is 4.71. The van der Waals surface area contributed by atoms with Crippen LogP contribution in [0.3, 0.4) is 0 Å². The zero-order chi connectivity index (χ0) is 14.6. The van der Waals surface area contributed by atoms with Crippen molar-refractivity contribution in [1.29, 1.82) is 0 Å². The highest BCUT2D eigenvalue weighted by Gasteiger charge is 2.34. The third-order valence-electron chi connectivity index (χ3n) is 4.57. The van der Waals surface area contributed by atoms with E-state index in [2.05, 4.69) is 58.6 Å². The van der Waals surface area contributed by atoms with Crippen molar-refractivity contribution < 1.29 is 0 Å². The molecule has 0 bridgehead atoms. The molecule has 1 saturated carbocycles. The van der Waals surface area contributed by atoms with E-state index >= 15 is 0 Å². The molecule has 2 rings (SSSR count). The second kappa shape index (κ2) is 7.39. The third-order valence-corrected chi connectivity index (χ3v) is 6.12. The summed E-state index contributed by atoms with van der Waals surface area (Å²) in [6.07, 6.45) is 5.51. The quantitative estimate of drug-likeness (QED) is 0.812. The molecular formula is C16H27BrN2S. The normalized spacial score (nSPS) is 27.1. The van der Waals surface area contributed by atoms with Gasteiger partial charge in [-0.3, -0.25) is 0 Å². The van der Waals surface area contributed by atoms with Gasteiger partial charge in [-0.25, -0.2) is 0 Å². The highest BCUT2D eigenvalue weighted by Crippen LogP contribution is 2.39. The molecule has 114 valence electrons. The van der Waals surface area contributed by atoms with Gasteiger partial charge in [-0.1, -0.05) is 19.8 Å². The smallest absolute Gasteiger partial charge is 0.0701 e. The minimum atomic E-state index is 0.475. The molecule has 0 atom stereocenters. The van der Waals surface area contributed by atoms with Gasteiger partial charge in [0.2, 0.25) is 0 Å². The summed E-state index contributed by atoms with van der Waals surface area (Å²) in [5.74, 6) is 0.915. The van der Waals surface area contributed by atoms with Crippen molar-refractivity contribution >= 4 is 27.3 Å². The minimum absolute atomic E-state index is 0.475. The molecule has 1 aromatic rings. The monoisotopic (exact) mass is 358 g/mol. The molecule has 4 heteroatoms. The van der Waals surface area contributed by atoms with Gasteiger partial charge >= 0.3 is 0 Å². The van der Waals surface area contributed by atoms with Crippen LogP contribution in [0.4, 0.5) is 0 Å². The first-order valence-electron chi connectivity index (χ1n) is 7.59. The van der Waals surface area contributed by atoms with Crippen LogP contribution in [0.5, 0.6) is 0 Å². The molecule has 1 aliphatic rings. The number of halogens is 1. The van der Waals surface area contributed by atoms with Crippen LogP contribution < -0.4 is 5.32 Å². The highest BCUT2D eigenvalue weighted by atomic mass is 79.9. The lowest BCUT2D eigenvalue weighted by atomic mass is 9.70. The Labute approximate surface area is 136 Å². The minimum Gasteiger partial charge on any atom is -0.319 e. The summed E-state index contributed by atoms with van der Waals surface area (Å²) in [7, 11) is 4.36. The first kappa shape index (κ1) is 16.5. The van der Waals surface area contributed by atoms with E-state index in [1.165, 1.54) is 41.6 Å². The maximum absolute atomic E-state index is 3.55. The Morgan fingerprint density at radius 3 is 2.70 bits per heavy atom. The molecular weight excluding hydrogens is 332 g/mol. The third kappa shape index (κ3) is 4.55. The van der Waals surface area contributed by atoms with Gasteiger partial charge in [0, 0.05) is 19.6 Å². The lowest BCUT2D eigenvalue weighted by Crippen LogP contribution is -2.44. The second-order valence-electron chi connectivity index (χ2n) is 6.64. The van der Waals surface area contributed by atoms with E-state index in [0.29, 0.717) is 5.41 Å². The van der Waals surface area contributed by atoms with Gasteiger partial charge in [0.05, 0.1) is 3.79 Å². The lowest BCUT2D eigenvalue weighted by Gasteiger charge is -2.42. The summed E-state index contributed by atoms with van der Waals surface area (Å²) in [6.45, 7) is 5.81. The highest BCUT2D eigenvalue weighted by molar-refractivity contribution is 9.11. The van der Waals surface area contributed by atoms with Gasteiger partial charge in [-0.15, -0.1) is 11.3 Å². The molecule has 1 fully saturated rings. The zero-order valence-electron chi connectivity index (χ0n) is 12.9. The molecule has 0 spiro atoms. The summed E-state index contributed by atoms with van der Waals surface area (Å²) in [5.41, 5.74) is 1.90. The van der Waals surface area contributed by atoms with Crippen LogP contribution in [0.15, 0.2) is 15.2 Å². The largest absolute Gasteiger partial charge is 0.319 e. The van der Waals surface area contributed by atoms with Crippen molar-refractivity contribution in [1.82, 2.24) is 10.2 Å². The van der Waals surface area contributed by atoms with Crippen molar-refractivity contribution in [2.45, 2.75) is 39.2 Å². The molecule has 2 nitrogen and oxygen atoms in total. The van der Waals surface area contributed by atoms with Gasteiger partial charge < -0.3 is 10.2 Å². The van der Waals surface area contributed by atoms with Crippen molar-refractivity contribution in [3.8, 4) is 0 Å². The first-order chi connectivity index (χ1) is 9.53. The number of thiophene rings is 1. The Bertz CT molecular complexity index is 410. The molecule has 1 aromatic heterocycles. The maximum atomic E-state index is 3.55. The van der Waals surface area contributed by atoms with Gasteiger partial charge in [-0.2, -0.15) is 0 Å². The molecule has 0 aromatic carbocycles. The van der Waals surface area contributed by atoms with Crippen LogP contribution in [0, 0.1) is 11.3 Å². The van der Waals surface area contributed by atoms with Gasteiger partial charge in [0.25, 0.3) is 0 Å². The molecule has 1 aliphatic carbocycles. The van der Waals surface area contributed by atoms with Crippen molar-refractivity contribution in [2.75, 3.05) is 27.2 Å². The van der Waals surface area contributed by atoms with Gasteiger partial charge in [0.15, 0.2) is 0 Å². The predicted octanol–water partition coefficient (Wildman–Crippen LogP) is 4.36. The first-order valence-corrected chi connectivity index (χ1v) is 9.26. The zero-order valence-corrected chi connectivity index (χ0v) is 15.3. The van der Waals surface area contributed by atoms with E-state index in [9.17, 15) is 0 Å². The van der Waals surface area contributed by atoms with Crippen molar-refractivity contribution in [3.63, 3.8) is 0 Å². The SMILES string of the molecule is CNCC1(CN(C)Cc2csc(Br)c2)CCC(C)CC1. The Morgan fingerprint density at radius 2 is 2.15 bits per heavy atom. The number of rotatable bonds is 6. The van der Waals surface area contributed by atoms with E-state index in [-0.39, 0.29) is 0 Å². The number of nitrogens with one attached hydrogen (secondary N) is 1. The van der Waals surface area contributed by atoms with Crippen LogP contribution >= 0.6 is 27.3 Å². The number of hydrogen-bond acceptors (Lipinski definition) is 3. The van der Waals surface area contributed by atoms with E-state index < -0.39 is 0 Å². The number of hydrogen-bond donors (Lipinski definition) is 1. The number of nitrogens with zero attached hydrogens (tertiary/aromatic N) is 1. The molecule has 0 radical (unpaired) electrons. The summed E-state index contributed by atoms with van der Waals surface area (Å²) in [6, 6.07) is 2.24. The van der Waals surface area contributed by atoms with Crippen LogP contribution in [0.2, 0.25) is 0 Å². The fourth-order valence-electron chi connectivity index (χ4n) is 3.51. The Kier molecular flexibility index (Phi) is 6.09. The molecule has 1 N–H and O–H groups in total. The van der Waals surface area contributed by atoms with Gasteiger partial charge in [-0.05, 0) is 71.2 Å². The van der Waals surface area contributed by atoms with Crippen LogP contribution in [0.25, 0.3) is 0 Å². The molecule has 0 aliphatic heterocycles. The van der Waals surface area contributed by atoms with E-state index in [1.807, 2.05) is 0 Å². The van der Waals surface area contributed by atoms with E-state index in [4.69, 9.17) is 0 Å². The lowest BCUT2D eigenvalue weighted by molar-refractivity contribution is 0.0980. The fraction of sp³-hybridized carbons (Fsp3) is 0.750. The Balaban J connectivity index is 1.93. The molecule has 20 heavy (non-hydrogen) atoms. The molecule has 1 heterocycles. The molecule has 0 unspecified atom stereocenters. The summed E-state index contributed by atoms with van der Waals surface area (Å²) in [5, 5.41) is 5.69. The summed E-state index contributed by atoms with van der Waals surface area (Å²) >= 11 is 5.33. The molecule has 0 saturated heterocycles. The Morgan fingerprint density at radius 1 is 1.45 bits per heavy atom. The Hall–Kier alpha value is 0.100.